The van der Waals surface area contributed by atoms with Crippen LogP contribution in [-0.4, -0.2) is 4.98 Å². The summed E-state index contributed by atoms with van der Waals surface area (Å²) in [6.45, 7) is 0. The Kier molecular flexibility index (Phi) is 2.81. The van der Waals surface area contributed by atoms with E-state index < -0.39 is 0 Å². The van der Waals surface area contributed by atoms with E-state index in [4.69, 9.17) is 45.8 Å². The van der Waals surface area contributed by atoms with Crippen LogP contribution in [0.15, 0.2) is 12.3 Å². The fraction of sp³-hybridized carbons (Fsp3) is 0. The van der Waals surface area contributed by atoms with Crippen LogP contribution in [-0.2, 0) is 0 Å². The van der Waals surface area contributed by atoms with Crippen molar-refractivity contribution >= 4 is 51.4 Å². The molecule has 3 nitrogen and oxygen atoms in total. The highest BCUT2D eigenvalue weighted by atomic mass is 35.5. The first-order valence-electron chi connectivity index (χ1n) is 4.18. The van der Waals surface area contributed by atoms with E-state index in [1.807, 2.05) is 6.07 Å². The third kappa shape index (κ3) is 1.56. The van der Waals surface area contributed by atoms with Crippen molar-refractivity contribution in [3.8, 4) is 6.07 Å². The number of nitrogens with two attached hydrogens (primary N) is 1. The number of hydrogen-bond acceptors (Lipinski definition) is 3. The predicted molar refractivity (Wildman–Crippen MR) is 65.9 cm³/mol. The lowest BCUT2D eigenvalue weighted by Gasteiger charge is -2.08. The standard InChI is InChI=1S/C10H4Cl3N3/c11-5-1-6(12)10-7(8(5)13)9(15)4(2-14)3-16-10/h1,3H,(H2,15,16). The number of aromatic nitrogens is 1. The quantitative estimate of drug-likeness (QED) is 0.745. The van der Waals surface area contributed by atoms with Gasteiger partial charge in [0.25, 0.3) is 0 Å². The average Bonchev–Trinajstić information content (AvgIpc) is 2.26. The van der Waals surface area contributed by atoms with Crippen LogP contribution in [0.4, 0.5) is 5.69 Å². The molecule has 0 aliphatic rings. The van der Waals surface area contributed by atoms with Crippen molar-refractivity contribution < 1.29 is 0 Å². The minimum atomic E-state index is 0.238. The molecule has 16 heavy (non-hydrogen) atoms. The second kappa shape index (κ2) is 3.99. The molecule has 0 radical (unpaired) electrons. The Morgan fingerprint density at radius 3 is 2.56 bits per heavy atom. The van der Waals surface area contributed by atoms with Gasteiger partial charge >= 0.3 is 0 Å². The zero-order valence-electron chi connectivity index (χ0n) is 7.76. The second-order valence-electron chi connectivity index (χ2n) is 3.08. The maximum absolute atomic E-state index is 8.83. The number of anilines is 1. The van der Waals surface area contributed by atoms with Crippen LogP contribution in [0.3, 0.4) is 0 Å². The third-order valence-corrected chi connectivity index (χ3v) is 3.22. The van der Waals surface area contributed by atoms with Gasteiger partial charge in [0.05, 0.1) is 31.8 Å². The van der Waals surface area contributed by atoms with Crippen molar-refractivity contribution in [1.82, 2.24) is 4.98 Å². The number of rotatable bonds is 0. The van der Waals surface area contributed by atoms with Crippen molar-refractivity contribution in [2.75, 3.05) is 5.73 Å². The number of pyridine rings is 1. The molecule has 0 atom stereocenters. The molecule has 80 valence electrons. The highest BCUT2D eigenvalue weighted by molar-refractivity contribution is 6.48. The molecule has 0 saturated heterocycles. The first-order valence-corrected chi connectivity index (χ1v) is 5.31. The second-order valence-corrected chi connectivity index (χ2v) is 4.27. The van der Waals surface area contributed by atoms with Gasteiger partial charge in [-0.2, -0.15) is 5.26 Å². The van der Waals surface area contributed by atoms with Gasteiger partial charge in [-0.1, -0.05) is 34.8 Å². The highest BCUT2D eigenvalue weighted by Crippen LogP contribution is 2.38. The SMILES string of the molecule is N#Cc1cnc2c(Cl)cc(Cl)c(Cl)c2c1N. The van der Waals surface area contributed by atoms with Crippen molar-refractivity contribution in [3.63, 3.8) is 0 Å². The summed E-state index contributed by atoms with van der Waals surface area (Å²) in [5.74, 6) is 0. The first-order chi connectivity index (χ1) is 7.56. The Morgan fingerprint density at radius 1 is 1.25 bits per heavy atom. The number of nitrogen functional groups attached to an aromatic ring is 1. The number of halogens is 3. The molecule has 0 amide bonds. The Labute approximate surface area is 106 Å². The normalized spacial score (nSPS) is 10.4. The number of nitrogens with zero attached hydrogens (tertiary/aromatic N) is 2. The maximum Gasteiger partial charge on any atom is 0.103 e. The minimum Gasteiger partial charge on any atom is -0.397 e. The zero-order valence-corrected chi connectivity index (χ0v) is 10.0. The largest absolute Gasteiger partial charge is 0.397 e. The first kappa shape index (κ1) is 11.3. The van der Waals surface area contributed by atoms with Crippen LogP contribution in [0.2, 0.25) is 15.1 Å². The van der Waals surface area contributed by atoms with Crippen molar-refractivity contribution in [2.45, 2.75) is 0 Å². The van der Waals surface area contributed by atoms with Gasteiger partial charge in [0, 0.05) is 11.6 Å². The molecule has 0 saturated carbocycles. The van der Waals surface area contributed by atoms with E-state index in [-0.39, 0.29) is 21.3 Å². The maximum atomic E-state index is 8.83. The van der Waals surface area contributed by atoms with Crippen LogP contribution >= 0.6 is 34.8 Å². The van der Waals surface area contributed by atoms with Gasteiger partial charge in [-0.15, -0.1) is 0 Å². The van der Waals surface area contributed by atoms with Crippen LogP contribution in [0.5, 0.6) is 0 Å². The lowest BCUT2D eigenvalue weighted by atomic mass is 10.1. The molecule has 2 rings (SSSR count). The summed E-state index contributed by atoms with van der Waals surface area (Å²) in [7, 11) is 0. The molecule has 2 N–H and O–H groups in total. The Morgan fingerprint density at radius 2 is 1.94 bits per heavy atom. The molecule has 1 heterocycles. The van der Waals surface area contributed by atoms with Crippen LogP contribution < -0.4 is 5.73 Å². The summed E-state index contributed by atoms with van der Waals surface area (Å²) < 4.78 is 0. The molecule has 6 heteroatoms. The zero-order chi connectivity index (χ0) is 11.9. The Hall–Kier alpha value is -1.21. The Balaban J connectivity index is 3.04. The van der Waals surface area contributed by atoms with Gasteiger partial charge in [0.2, 0.25) is 0 Å². The summed E-state index contributed by atoms with van der Waals surface area (Å²) in [6, 6.07) is 3.41. The van der Waals surface area contributed by atoms with E-state index in [0.717, 1.165) is 0 Å². The van der Waals surface area contributed by atoms with Crippen LogP contribution in [0, 0.1) is 11.3 Å². The summed E-state index contributed by atoms with van der Waals surface area (Å²) in [5.41, 5.74) is 6.72. The summed E-state index contributed by atoms with van der Waals surface area (Å²) >= 11 is 17.8. The van der Waals surface area contributed by atoms with Crippen LogP contribution in [0.25, 0.3) is 10.9 Å². The average molecular weight is 273 g/mol. The molecule has 0 bridgehead atoms. The molecular formula is C10H4Cl3N3. The monoisotopic (exact) mass is 271 g/mol. The van der Waals surface area contributed by atoms with E-state index in [1.54, 1.807) is 0 Å². The molecule has 1 aromatic carbocycles. The summed E-state index contributed by atoms with van der Waals surface area (Å²) in [6.07, 6.45) is 1.35. The van der Waals surface area contributed by atoms with E-state index in [0.29, 0.717) is 15.9 Å². The molecule has 0 unspecified atom stereocenters. The van der Waals surface area contributed by atoms with Gasteiger partial charge < -0.3 is 5.73 Å². The van der Waals surface area contributed by atoms with Crippen molar-refractivity contribution in [2.24, 2.45) is 0 Å². The molecule has 0 spiro atoms. The number of fused-ring (bicyclic) bond motifs is 1. The smallest absolute Gasteiger partial charge is 0.103 e. The molecule has 0 aliphatic carbocycles. The minimum absolute atomic E-state index is 0.238. The van der Waals surface area contributed by atoms with E-state index >= 15 is 0 Å². The molecule has 1 aromatic heterocycles. The fourth-order valence-corrected chi connectivity index (χ4v) is 2.14. The molecule has 0 fully saturated rings. The molecule has 0 aliphatic heterocycles. The van der Waals surface area contributed by atoms with E-state index in [2.05, 4.69) is 4.98 Å². The topological polar surface area (TPSA) is 62.7 Å². The lowest BCUT2D eigenvalue weighted by Crippen LogP contribution is -1.95. The van der Waals surface area contributed by atoms with Gasteiger partial charge in [0.15, 0.2) is 0 Å². The predicted octanol–water partition coefficient (Wildman–Crippen LogP) is 3.65. The highest BCUT2D eigenvalue weighted by Gasteiger charge is 2.14. The van der Waals surface area contributed by atoms with Gasteiger partial charge in [-0.25, -0.2) is 0 Å². The summed E-state index contributed by atoms with van der Waals surface area (Å²) in [5, 5.41) is 10.1. The Bertz CT molecular complexity index is 631. The lowest BCUT2D eigenvalue weighted by molar-refractivity contribution is 1.37. The third-order valence-electron chi connectivity index (χ3n) is 2.15. The summed E-state index contributed by atoms with van der Waals surface area (Å²) in [4.78, 5) is 4.04. The van der Waals surface area contributed by atoms with Gasteiger partial charge in [0.1, 0.15) is 6.07 Å². The van der Waals surface area contributed by atoms with E-state index in [9.17, 15) is 0 Å². The number of benzene rings is 1. The van der Waals surface area contributed by atoms with Crippen molar-refractivity contribution in [1.29, 1.82) is 5.26 Å². The number of nitriles is 1. The van der Waals surface area contributed by atoms with Gasteiger partial charge in [-0.3, -0.25) is 4.98 Å². The molecule has 2 aromatic rings. The van der Waals surface area contributed by atoms with E-state index in [1.165, 1.54) is 12.3 Å². The number of hydrogen-bond donors (Lipinski definition) is 1. The van der Waals surface area contributed by atoms with Crippen molar-refractivity contribution in [3.05, 3.63) is 32.9 Å². The van der Waals surface area contributed by atoms with Crippen LogP contribution in [0.1, 0.15) is 5.56 Å². The van der Waals surface area contributed by atoms with Gasteiger partial charge in [-0.05, 0) is 6.07 Å². The fourth-order valence-electron chi connectivity index (χ4n) is 1.38. The molecular weight excluding hydrogens is 268 g/mol.